The van der Waals surface area contributed by atoms with E-state index < -0.39 is 0 Å². The molecule has 0 aromatic heterocycles. The van der Waals surface area contributed by atoms with Gasteiger partial charge in [0, 0.05) is 0 Å². The molecule has 0 saturated heterocycles. The molecular formula is C24H38O2. The quantitative estimate of drug-likeness (QED) is 0.320. The number of esters is 1. The predicted octanol–water partition coefficient (Wildman–Crippen LogP) is 6.82. The third-order valence-electron chi connectivity index (χ3n) is 5.87. The summed E-state index contributed by atoms with van der Waals surface area (Å²) in [4.78, 5) is 11.9. The van der Waals surface area contributed by atoms with Gasteiger partial charge in [-0.05, 0) is 55.1 Å². The van der Waals surface area contributed by atoms with Crippen molar-refractivity contribution in [3.8, 4) is 0 Å². The minimum absolute atomic E-state index is 0.0959. The van der Waals surface area contributed by atoms with Crippen LogP contribution in [0.5, 0.6) is 0 Å². The van der Waals surface area contributed by atoms with E-state index in [0.29, 0.717) is 18.9 Å². The normalized spacial score (nSPS) is 20.1. The van der Waals surface area contributed by atoms with Gasteiger partial charge in [-0.2, -0.15) is 0 Å². The van der Waals surface area contributed by atoms with Crippen LogP contribution in [0.25, 0.3) is 0 Å². The highest BCUT2D eigenvalue weighted by atomic mass is 16.5. The van der Waals surface area contributed by atoms with E-state index in [1.54, 1.807) is 0 Å². The van der Waals surface area contributed by atoms with Crippen LogP contribution >= 0.6 is 0 Å². The monoisotopic (exact) mass is 358 g/mol. The molecule has 0 heterocycles. The van der Waals surface area contributed by atoms with Gasteiger partial charge in [-0.3, -0.25) is 4.79 Å². The molecule has 2 heteroatoms. The third-order valence-corrected chi connectivity index (χ3v) is 5.87. The first kappa shape index (κ1) is 21.0. The highest BCUT2D eigenvalue weighted by molar-refractivity contribution is 5.72. The van der Waals surface area contributed by atoms with Gasteiger partial charge in [0.2, 0.25) is 0 Å². The van der Waals surface area contributed by atoms with Gasteiger partial charge in [0.15, 0.2) is 0 Å². The molecule has 0 amide bonds. The van der Waals surface area contributed by atoms with Crippen molar-refractivity contribution >= 4 is 5.97 Å². The van der Waals surface area contributed by atoms with Crippen molar-refractivity contribution in [1.82, 2.24) is 0 Å². The summed E-state index contributed by atoms with van der Waals surface area (Å²) < 4.78 is 5.31. The van der Waals surface area contributed by atoms with E-state index in [2.05, 4.69) is 38.1 Å². The Hall–Kier alpha value is -1.31. The minimum Gasteiger partial charge on any atom is -0.465 e. The summed E-state index contributed by atoms with van der Waals surface area (Å²) in [5, 5.41) is 0. The Labute approximate surface area is 160 Å². The number of unbranched alkanes of at least 4 members (excludes halogenated alkanes) is 4. The zero-order valence-electron chi connectivity index (χ0n) is 17.0. The molecule has 0 aliphatic heterocycles. The Morgan fingerprint density at radius 2 is 1.58 bits per heavy atom. The smallest absolute Gasteiger partial charge is 0.310 e. The summed E-state index contributed by atoms with van der Waals surface area (Å²) in [6.07, 6.45) is 14.7. The molecule has 26 heavy (non-hydrogen) atoms. The lowest BCUT2D eigenvalue weighted by Gasteiger charge is -2.29. The van der Waals surface area contributed by atoms with Gasteiger partial charge in [-0.1, -0.05) is 76.6 Å². The summed E-state index contributed by atoms with van der Waals surface area (Å²) in [7, 11) is 0. The van der Waals surface area contributed by atoms with Crippen molar-refractivity contribution in [3.05, 3.63) is 35.4 Å². The zero-order valence-corrected chi connectivity index (χ0v) is 17.0. The van der Waals surface area contributed by atoms with E-state index in [4.69, 9.17) is 4.74 Å². The van der Waals surface area contributed by atoms with Crippen molar-refractivity contribution in [1.29, 1.82) is 0 Å². The highest BCUT2D eigenvalue weighted by Gasteiger charge is 2.22. The number of hydrogen-bond donors (Lipinski definition) is 0. The number of rotatable bonds is 11. The molecule has 2 nitrogen and oxygen atoms in total. The van der Waals surface area contributed by atoms with Crippen LogP contribution in [0.2, 0.25) is 0 Å². The van der Waals surface area contributed by atoms with Gasteiger partial charge >= 0.3 is 5.97 Å². The van der Waals surface area contributed by atoms with E-state index >= 15 is 0 Å². The molecule has 1 fully saturated rings. The van der Waals surface area contributed by atoms with Crippen LogP contribution in [-0.2, 0) is 16.0 Å². The van der Waals surface area contributed by atoms with Crippen LogP contribution in [-0.4, -0.2) is 12.6 Å². The molecule has 1 saturated carbocycles. The first-order valence-electron chi connectivity index (χ1n) is 11.0. The van der Waals surface area contributed by atoms with E-state index in [-0.39, 0.29) is 5.97 Å². The Kier molecular flexibility index (Phi) is 9.81. The summed E-state index contributed by atoms with van der Waals surface area (Å²) in [5.74, 6) is 1.58. The molecule has 0 atom stereocenters. The van der Waals surface area contributed by atoms with Crippen molar-refractivity contribution < 1.29 is 9.53 Å². The molecule has 146 valence electrons. The molecule has 0 N–H and O–H groups in total. The van der Waals surface area contributed by atoms with Gasteiger partial charge < -0.3 is 4.74 Å². The molecule has 0 radical (unpaired) electrons. The molecule has 0 bridgehead atoms. The number of benzene rings is 1. The summed E-state index contributed by atoms with van der Waals surface area (Å²) >= 11 is 0. The topological polar surface area (TPSA) is 26.3 Å². The second-order valence-corrected chi connectivity index (χ2v) is 8.06. The first-order chi connectivity index (χ1) is 12.7. The number of hydrogen-bond acceptors (Lipinski definition) is 2. The van der Waals surface area contributed by atoms with Gasteiger partial charge in [-0.15, -0.1) is 0 Å². The largest absolute Gasteiger partial charge is 0.465 e. The minimum atomic E-state index is -0.0959. The molecule has 0 unspecified atom stereocenters. The van der Waals surface area contributed by atoms with Crippen LogP contribution in [0.15, 0.2) is 24.3 Å². The maximum Gasteiger partial charge on any atom is 0.310 e. The predicted molar refractivity (Wildman–Crippen MR) is 109 cm³/mol. The lowest BCUT2D eigenvalue weighted by atomic mass is 9.77. The molecular weight excluding hydrogens is 320 g/mol. The standard InChI is InChI=1S/C24H38O2/c1-3-5-7-9-20-10-14-22(15-11-20)23-16-12-21(13-17-23)19-24(25)26-18-8-6-4-2/h12-13,16-17,20,22H,3-11,14-15,18-19H2,1-2H3. The van der Waals surface area contributed by atoms with Gasteiger partial charge in [0.05, 0.1) is 13.0 Å². The van der Waals surface area contributed by atoms with Crippen molar-refractivity contribution in [3.63, 3.8) is 0 Å². The second kappa shape index (κ2) is 12.1. The Bertz CT molecular complexity index is 497. The molecule has 1 aliphatic carbocycles. The maximum atomic E-state index is 11.9. The van der Waals surface area contributed by atoms with Crippen LogP contribution in [0.4, 0.5) is 0 Å². The van der Waals surface area contributed by atoms with Gasteiger partial charge in [0.25, 0.3) is 0 Å². The van der Waals surface area contributed by atoms with Crippen LogP contribution in [0.3, 0.4) is 0 Å². The lowest BCUT2D eigenvalue weighted by Crippen LogP contribution is -2.13. The third kappa shape index (κ3) is 7.51. The van der Waals surface area contributed by atoms with E-state index in [1.165, 1.54) is 56.9 Å². The van der Waals surface area contributed by atoms with Crippen molar-refractivity contribution in [2.45, 2.75) is 96.8 Å². The SMILES string of the molecule is CCCCCOC(=O)Cc1ccc(C2CCC(CCCCC)CC2)cc1. The Morgan fingerprint density at radius 3 is 2.23 bits per heavy atom. The van der Waals surface area contributed by atoms with E-state index in [0.717, 1.165) is 30.7 Å². The molecule has 1 aliphatic rings. The number of ether oxygens (including phenoxy) is 1. The molecule has 1 aromatic rings. The van der Waals surface area contributed by atoms with Crippen LogP contribution < -0.4 is 0 Å². The summed E-state index contributed by atoms with van der Waals surface area (Å²) in [6, 6.07) is 8.72. The number of carbonyl (C=O) groups is 1. The zero-order chi connectivity index (χ0) is 18.6. The van der Waals surface area contributed by atoms with Crippen LogP contribution in [0.1, 0.15) is 102 Å². The van der Waals surface area contributed by atoms with Crippen molar-refractivity contribution in [2.75, 3.05) is 6.61 Å². The van der Waals surface area contributed by atoms with E-state index in [1.807, 2.05) is 0 Å². The fourth-order valence-corrected chi connectivity index (χ4v) is 4.13. The van der Waals surface area contributed by atoms with E-state index in [9.17, 15) is 4.79 Å². The summed E-state index contributed by atoms with van der Waals surface area (Å²) in [6.45, 7) is 5.00. The van der Waals surface area contributed by atoms with Crippen molar-refractivity contribution in [2.24, 2.45) is 5.92 Å². The molecule has 0 spiro atoms. The maximum absolute atomic E-state index is 11.9. The fraction of sp³-hybridized carbons (Fsp3) is 0.708. The van der Waals surface area contributed by atoms with Gasteiger partial charge in [-0.25, -0.2) is 0 Å². The highest BCUT2D eigenvalue weighted by Crippen LogP contribution is 2.37. The average molecular weight is 359 g/mol. The average Bonchev–Trinajstić information content (AvgIpc) is 2.67. The van der Waals surface area contributed by atoms with Gasteiger partial charge in [0.1, 0.15) is 0 Å². The number of carbonyl (C=O) groups excluding carboxylic acids is 1. The molecule has 2 rings (SSSR count). The molecule has 1 aromatic carbocycles. The fourth-order valence-electron chi connectivity index (χ4n) is 4.13. The summed E-state index contributed by atoms with van der Waals surface area (Å²) in [5.41, 5.74) is 2.53. The van der Waals surface area contributed by atoms with Crippen LogP contribution in [0, 0.1) is 5.92 Å². The second-order valence-electron chi connectivity index (χ2n) is 8.06. The Balaban J connectivity index is 1.71. The Morgan fingerprint density at radius 1 is 0.923 bits per heavy atom. The lowest BCUT2D eigenvalue weighted by molar-refractivity contribution is -0.142. The first-order valence-corrected chi connectivity index (χ1v) is 11.0.